The fourth-order valence-electron chi connectivity index (χ4n) is 8.50. The van der Waals surface area contributed by atoms with E-state index in [-0.39, 0.29) is 23.3 Å². The number of benzene rings is 2. The molecule has 0 radical (unpaired) electrons. The molecule has 74 heavy (non-hydrogen) atoms. The molecule has 1 N–H and O–H groups in total. The molecule has 3 amide bonds. The zero-order chi connectivity index (χ0) is 54.5. The molecular weight excluding hydrogens is 965 g/mol. The molecule has 2 fully saturated rings. The molecule has 3 aliphatic heterocycles. The summed E-state index contributed by atoms with van der Waals surface area (Å²) in [6.07, 6.45) is -5.24. The van der Waals surface area contributed by atoms with Crippen LogP contribution in [-0.2, 0) is 66.7 Å². The van der Waals surface area contributed by atoms with Crippen LogP contribution in [0.2, 0.25) is 0 Å². The number of esters is 5. The molecule has 2 saturated heterocycles. The van der Waals surface area contributed by atoms with E-state index in [4.69, 9.17) is 47.4 Å². The van der Waals surface area contributed by atoms with Crippen LogP contribution in [0.25, 0.3) is 0 Å². The number of allylic oxidation sites excluding steroid dienone is 1. The number of carbonyl (C=O) groups is 8. The summed E-state index contributed by atoms with van der Waals surface area (Å²) < 4.78 is 61.2. The normalized spacial score (nSPS) is 24.7. The third kappa shape index (κ3) is 15.6. The lowest BCUT2D eigenvalue weighted by molar-refractivity contribution is -0.333. The van der Waals surface area contributed by atoms with E-state index in [1.165, 1.54) is 19.2 Å². The summed E-state index contributed by atoms with van der Waals surface area (Å²) in [7, 11) is 1.49. The van der Waals surface area contributed by atoms with Gasteiger partial charge in [0.1, 0.15) is 55.1 Å². The first-order chi connectivity index (χ1) is 34.9. The lowest BCUT2D eigenvalue weighted by Gasteiger charge is -2.50. The van der Waals surface area contributed by atoms with Crippen molar-refractivity contribution >= 4 is 47.6 Å². The molecule has 0 saturated carbocycles. The maximum atomic E-state index is 14.5. The largest absolute Gasteiger partial charge is 0.497 e. The molecular formula is C54H72N2O18. The van der Waals surface area contributed by atoms with Crippen LogP contribution in [0.5, 0.6) is 11.5 Å². The predicted octanol–water partition coefficient (Wildman–Crippen LogP) is 6.34. The molecule has 0 bridgehead atoms. The number of nitrogens with zero attached hydrogens (tertiary/aromatic N) is 1. The van der Waals surface area contributed by atoms with Gasteiger partial charge in [-0.1, -0.05) is 43.9 Å². The minimum Gasteiger partial charge on any atom is -0.497 e. The van der Waals surface area contributed by atoms with E-state index >= 15 is 0 Å². The van der Waals surface area contributed by atoms with Crippen LogP contribution < -0.4 is 14.8 Å². The SMILES string of the molecule is C=CCCCCCCCCC(=O)N[C@H]1[C@H](Oc2ccc(OC)cc2)O[C@H](COC(=O)C(C)(C)C)[C@@H](O[C@@H]2O[C@H](COC(C)=O)[C@@H](OC(C)=O)[C@H](OC(C)=O)[C@H]2N2C(=O)c3ccccc3C2=O)[C@@H]1OC(=O)C(C)(C)C. The number of carbonyl (C=O) groups excluding carboxylic acids is 8. The smallest absolute Gasteiger partial charge is 0.311 e. The predicted molar refractivity (Wildman–Crippen MR) is 263 cm³/mol. The van der Waals surface area contributed by atoms with E-state index in [9.17, 15) is 38.4 Å². The van der Waals surface area contributed by atoms with Crippen LogP contribution in [-0.4, -0.2) is 134 Å². The van der Waals surface area contributed by atoms with Gasteiger partial charge in [-0.3, -0.25) is 43.3 Å². The van der Waals surface area contributed by atoms with E-state index in [1.807, 2.05) is 6.08 Å². The van der Waals surface area contributed by atoms with Gasteiger partial charge in [-0.15, -0.1) is 6.58 Å². The van der Waals surface area contributed by atoms with E-state index in [0.717, 1.165) is 64.2 Å². The van der Waals surface area contributed by atoms with Gasteiger partial charge in [0.25, 0.3) is 11.8 Å². The second-order valence-corrected chi connectivity index (χ2v) is 20.5. The van der Waals surface area contributed by atoms with Gasteiger partial charge in [-0.2, -0.15) is 0 Å². The second kappa shape index (κ2) is 26.2. The number of amides is 3. The molecule has 2 aromatic rings. The molecule has 406 valence electrons. The maximum Gasteiger partial charge on any atom is 0.311 e. The van der Waals surface area contributed by atoms with E-state index in [0.29, 0.717) is 12.2 Å². The van der Waals surface area contributed by atoms with Crippen LogP contribution in [0.1, 0.15) is 134 Å². The van der Waals surface area contributed by atoms with Gasteiger partial charge in [0.05, 0.1) is 29.1 Å². The van der Waals surface area contributed by atoms with Gasteiger partial charge in [-0.05, 0) is 97.2 Å². The minimum absolute atomic E-state index is 0.0251. The van der Waals surface area contributed by atoms with Crippen molar-refractivity contribution in [3.05, 3.63) is 72.3 Å². The lowest BCUT2D eigenvalue weighted by atomic mass is 9.92. The fraction of sp³-hybridized carbons (Fsp3) is 0.593. The minimum atomic E-state index is -1.96. The van der Waals surface area contributed by atoms with Gasteiger partial charge < -0.3 is 52.7 Å². The molecule has 0 unspecified atom stereocenters. The Morgan fingerprint density at radius 3 is 1.72 bits per heavy atom. The Hall–Kier alpha value is -6.38. The van der Waals surface area contributed by atoms with Crippen molar-refractivity contribution < 1.29 is 85.7 Å². The molecule has 0 aliphatic carbocycles. The summed E-state index contributed by atoms with van der Waals surface area (Å²) in [6.45, 7) is 15.5. The number of hydrogen-bond acceptors (Lipinski definition) is 18. The van der Waals surface area contributed by atoms with E-state index in [1.54, 1.807) is 77.9 Å². The number of unbranched alkanes of at least 4 members (excludes halogenated alkanes) is 6. The average molecular weight is 1040 g/mol. The highest BCUT2D eigenvalue weighted by atomic mass is 16.7. The fourth-order valence-corrected chi connectivity index (χ4v) is 8.50. The zero-order valence-electron chi connectivity index (χ0n) is 44.0. The molecule has 5 rings (SSSR count). The highest BCUT2D eigenvalue weighted by Crippen LogP contribution is 2.39. The van der Waals surface area contributed by atoms with Crippen molar-refractivity contribution in [2.45, 2.75) is 175 Å². The maximum absolute atomic E-state index is 14.5. The third-order valence-corrected chi connectivity index (χ3v) is 12.3. The van der Waals surface area contributed by atoms with Crippen LogP contribution in [0, 0.1) is 10.8 Å². The Morgan fingerprint density at radius 1 is 0.635 bits per heavy atom. The lowest BCUT2D eigenvalue weighted by Crippen LogP contribution is -2.71. The molecule has 3 aliphatic rings. The topological polar surface area (TPSA) is 244 Å². The van der Waals surface area contributed by atoms with Gasteiger partial charge >= 0.3 is 29.8 Å². The molecule has 3 heterocycles. The van der Waals surface area contributed by atoms with Crippen molar-refractivity contribution in [3.63, 3.8) is 0 Å². The molecule has 0 aromatic heterocycles. The number of nitrogens with one attached hydrogen (secondary N) is 1. The number of hydrogen-bond donors (Lipinski definition) is 1. The van der Waals surface area contributed by atoms with Crippen molar-refractivity contribution in [1.29, 1.82) is 0 Å². The summed E-state index contributed by atoms with van der Waals surface area (Å²) in [5.41, 5.74) is -2.29. The summed E-state index contributed by atoms with van der Waals surface area (Å²) in [5, 5.41) is 2.98. The van der Waals surface area contributed by atoms with Gasteiger partial charge in [0.2, 0.25) is 12.2 Å². The standard InChI is InChI=1S/C54H72N2O18/c1-12-13-14-15-16-17-18-19-24-40(60)55-41-45(74-52(64)54(8,9)10)43(39(30-67-51(63)53(5,6)7)71-49(41)70-35-27-25-34(65-11)26-28-35)73-50-42(56-47(61)36-22-20-21-23-37(36)48(56)62)46(69-33(4)59)44(68-32(3)58)38(72-50)29-66-31(2)57/h12,20-23,25-28,38-39,41-46,49-50H,1,13-19,24,29-30H2,2-11H3,(H,55,60)/t38-,39-,41-,42-,43-,44-,45-,46-,49-,50+/m1/s1. The van der Waals surface area contributed by atoms with Gasteiger partial charge in [0, 0.05) is 27.2 Å². The molecule has 2 aromatic carbocycles. The Kier molecular flexibility index (Phi) is 20.7. The first-order valence-corrected chi connectivity index (χ1v) is 25.0. The Bertz CT molecular complexity index is 2290. The zero-order valence-corrected chi connectivity index (χ0v) is 44.0. The molecule has 20 nitrogen and oxygen atoms in total. The number of imide groups is 1. The van der Waals surface area contributed by atoms with E-state index < -0.39 is 133 Å². The van der Waals surface area contributed by atoms with Crippen molar-refractivity contribution in [3.8, 4) is 11.5 Å². The quantitative estimate of drug-likeness (QED) is 0.0420. The molecule has 20 heteroatoms. The summed E-state index contributed by atoms with van der Waals surface area (Å²) in [5.74, 6) is -5.57. The van der Waals surface area contributed by atoms with Crippen molar-refractivity contribution in [1.82, 2.24) is 10.2 Å². The summed E-state index contributed by atoms with van der Waals surface area (Å²) in [4.78, 5) is 110. The van der Waals surface area contributed by atoms with Crippen LogP contribution in [0.15, 0.2) is 61.2 Å². The molecule has 0 spiro atoms. The monoisotopic (exact) mass is 1040 g/mol. The Morgan fingerprint density at radius 2 is 1.16 bits per heavy atom. The van der Waals surface area contributed by atoms with Gasteiger partial charge in [-0.25, -0.2) is 0 Å². The first kappa shape index (κ1) is 58.5. The van der Waals surface area contributed by atoms with E-state index in [2.05, 4.69) is 11.9 Å². The van der Waals surface area contributed by atoms with Crippen LogP contribution in [0.4, 0.5) is 0 Å². The van der Waals surface area contributed by atoms with Crippen molar-refractivity contribution in [2.24, 2.45) is 10.8 Å². The average Bonchev–Trinajstić information content (AvgIpc) is 3.58. The van der Waals surface area contributed by atoms with Crippen LogP contribution in [0.3, 0.4) is 0 Å². The third-order valence-electron chi connectivity index (χ3n) is 12.3. The number of methoxy groups -OCH3 is 1. The Balaban J connectivity index is 1.70. The van der Waals surface area contributed by atoms with Gasteiger partial charge in [0.15, 0.2) is 24.6 Å². The summed E-state index contributed by atoms with van der Waals surface area (Å²) >= 11 is 0. The second-order valence-electron chi connectivity index (χ2n) is 20.5. The number of fused-ring (bicyclic) bond motifs is 1. The first-order valence-electron chi connectivity index (χ1n) is 25.0. The molecule has 10 atom stereocenters. The highest BCUT2D eigenvalue weighted by molar-refractivity contribution is 6.21. The number of ether oxygens (including phenoxy) is 10. The Labute approximate surface area is 432 Å². The number of rotatable bonds is 23. The highest BCUT2D eigenvalue weighted by Gasteiger charge is 2.60. The van der Waals surface area contributed by atoms with Crippen molar-refractivity contribution in [2.75, 3.05) is 20.3 Å². The summed E-state index contributed by atoms with van der Waals surface area (Å²) in [6, 6.07) is 9.10. The van der Waals surface area contributed by atoms with Crippen LogP contribution >= 0.6 is 0 Å².